The molecule has 0 unspecified atom stereocenters. The summed E-state index contributed by atoms with van der Waals surface area (Å²) < 4.78 is 10.5. The van der Waals surface area contributed by atoms with Gasteiger partial charge in [-0.05, 0) is 61.4 Å². The molecule has 4 rings (SSSR count). The molecule has 0 bridgehead atoms. The lowest BCUT2D eigenvalue weighted by Crippen LogP contribution is -2.38. The van der Waals surface area contributed by atoms with Gasteiger partial charge in [-0.1, -0.05) is 12.1 Å². The fourth-order valence-corrected chi connectivity index (χ4v) is 3.76. The fourth-order valence-electron chi connectivity index (χ4n) is 3.76. The van der Waals surface area contributed by atoms with E-state index in [1.54, 1.807) is 14.2 Å². The summed E-state index contributed by atoms with van der Waals surface area (Å²) in [5.74, 6) is 2.31. The van der Waals surface area contributed by atoms with Gasteiger partial charge in [0.1, 0.15) is 11.5 Å². The largest absolute Gasteiger partial charge is 0.497 e. The summed E-state index contributed by atoms with van der Waals surface area (Å²) in [4.78, 5) is 14.9. The van der Waals surface area contributed by atoms with Crippen molar-refractivity contribution in [3.05, 3.63) is 60.7 Å². The molecular weight excluding hydrogens is 392 g/mol. The summed E-state index contributed by atoms with van der Waals surface area (Å²) in [5.41, 5.74) is 2.52. The molecule has 0 spiro atoms. The monoisotopic (exact) mass is 418 g/mol. The van der Waals surface area contributed by atoms with Crippen LogP contribution in [0.25, 0.3) is 11.3 Å². The van der Waals surface area contributed by atoms with Gasteiger partial charge < -0.3 is 19.7 Å². The van der Waals surface area contributed by atoms with Gasteiger partial charge in [0.05, 0.1) is 25.6 Å². The number of hydrogen-bond acceptors (Lipinski definition) is 6. The molecule has 31 heavy (non-hydrogen) atoms. The smallest absolute Gasteiger partial charge is 0.227 e. The minimum atomic E-state index is -0.0345. The standard InChI is InChI=1S/C24H26N4O3/c1-30-19-9-7-17(8-10-19)20-11-12-23(27-26-20)28-15-13-18(14-16-28)24(29)25-21-5-3-4-6-22(21)31-2/h3-12,18H,13-16H2,1-2H3,(H,25,29). The number of nitrogens with one attached hydrogen (secondary N) is 1. The molecule has 7 heteroatoms. The second kappa shape index (κ2) is 9.47. The lowest BCUT2D eigenvalue weighted by Gasteiger charge is -2.31. The Balaban J connectivity index is 1.34. The van der Waals surface area contributed by atoms with Crippen LogP contribution in [0.5, 0.6) is 11.5 Å². The topological polar surface area (TPSA) is 76.6 Å². The average molecular weight is 418 g/mol. The van der Waals surface area contributed by atoms with Crippen molar-refractivity contribution in [3.63, 3.8) is 0 Å². The highest BCUT2D eigenvalue weighted by Gasteiger charge is 2.26. The quantitative estimate of drug-likeness (QED) is 0.652. The highest BCUT2D eigenvalue weighted by Crippen LogP contribution is 2.27. The number of carbonyl (C=O) groups is 1. The summed E-state index contributed by atoms with van der Waals surface area (Å²) in [6.45, 7) is 1.53. The van der Waals surface area contributed by atoms with E-state index in [9.17, 15) is 4.79 Å². The van der Waals surface area contributed by atoms with Gasteiger partial charge >= 0.3 is 0 Å². The summed E-state index contributed by atoms with van der Waals surface area (Å²) in [6, 6.07) is 19.2. The first-order valence-corrected chi connectivity index (χ1v) is 10.3. The summed E-state index contributed by atoms with van der Waals surface area (Å²) in [6.07, 6.45) is 1.53. The molecule has 7 nitrogen and oxygen atoms in total. The van der Waals surface area contributed by atoms with E-state index >= 15 is 0 Å². The molecule has 1 amide bonds. The van der Waals surface area contributed by atoms with Gasteiger partial charge in [-0.15, -0.1) is 10.2 Å². The zero-order chi connectivity index (χ0) is 21.6. The molecule has 1 fully saturated rings. The van der Waals surface area contributed by atoms with Crippen molar-refractivity contribution in [1.82, 2.24) is 10.2 Å². The van der Waals surface area contributed by atoms with Crippen LogP contribution in [-0.4, -0.2) is 43.4 Å². The third-order valence-electron chi connectivity index (χ3n) is 5.59. The van der Waals surface area contributed by atoms with Crippen LogP contribution in [0.2, 0.25) is 0 Å². The van der Waals surface area contributed by atoms with Crippen molar-refractivity contribution < 1.29 is 14.3 Å². The lowest BCUT2D eigenvalue weighted by atomic mass is 9.95. The number of piperidine rings is 1. The SMILES string of the molecule is COc1ccc(-c2ccc(N3CCC(C(=O)Nc4ccccc4OC)CC3)nn2)cc1. The molecule has 0 radical (unpaired) electrons. The fraction of sp³-hybridized carbons (Fsp3) is 0.292. The van der Waals surface area contributed by atoms with Gasteiger partial charge in [0.25, 0.3) is 0 Å². The second-order valence-corrected chi connectivity index (χ2v) is 7.46. The van der Waals surface area contributed by atoms with E-state index in [-0.39, 0.29) is 11.8 Å². The molecule has 0 saturated carbocycles. The Hall–Kier alpha value is -3.61. The Morgan fingerprint density at radius 3 is 2.32 bits per heavy atom. The van der Waals surface area contributed by atoms with Crippen LogP contribution in [0.1, 0.15) is 12.8 Å². The molecule has 1 aliphatic rings. The van der Waals surface area contributed by atoms with Crippen LogP contribution in [0.4, 0.5) is 11.5 Å². The predicted octanol–water partition coefficient (Wildman–Crippen LogP) is 4.02. The van der Waals surface area contributed by atoms with Crippen LogP contribution >= 0.6 is 0 Å². The van der Waals surface area contributed by atoms with E-state index in [1.165, 1.54) is 0 Å². The van der Waals surface area contributed by atoms with Crippen molar-refractivity contribution in [2.75, 3.05) is 37.5 Å². The van der Waals surface area contributed by atoms with Crippen molar-refractivity contribution >= 4 is 17.4 Å². The normalized spacial score (nSPS) is 14.2. The molecule has 160 valence electrons. The number of rotatable bonds is 6. The van der Waals surface area contributed by atoms with E-state index in [2.05, 4.69) is 20.4 Å². The lowest BCUT2D eigenvalue weighted by molar-refractivity contribution is -0.120. The molecular formula is C24H26N4O3. The number of para-hydroxylation sites is 2. The van der Waals surface area contributed by atoms with E-state index in [1.807, 2.05) is 60.7 Å². The van der Waals surface area contributed by atoms with Gasteiger partial charge in [-0.3, -0.25) is 4.79 Å². The van der Waals surface area contributed by atoms with E-state index in [4.69, 9.17) is 9.47 Å². The molecule has 0 atom stereocenters. The molecule has 1 saturated heterocycles. The maximum atomic E-state index is 12.7. The Kier molecular flexibility index (Phi) is 6.31. The zero-order valence-corrected chi connectivity index (χ0v) is 17.7. The molecule has 1 N–H and O–H groups in total. The first-order chi connectivity index (χ1) is 15.2. The maximum Gasteiger partial charge on any atom is 0.227 e. The number of anilines is 2. The van der Waals surface area contributed by atoms with Crippen LogP contribution in [0.3, 0.4) is 0 Å². The second-order valence-electron chi connectivity index (χ2n) is 7.46. The third kappa shape index (κ3) is 4.77. The molecule has 3 aromatic rings. The van der Waals surface area contributed by atoms with E-state index in [0.717, 1.165) is 48.8 Å². The van der Waals surface area contributed by atoms with Gasteiger partial charge in [0.15, 0.2) is 5.82 Å². The molecule has 1 aliphatic heterocycles. The van der Waals surface area contributed by atoms with E-state index in [0.29, 0.717) is 11.4 Å². The highest BCUT2D eigenvalue weighted by atomic mass is 16.5. The number of nitrogens with zero attached hydrogens (tertiary/aromatic N) is 3. The van der Waals surface area contributed by atoms with Crippen LogP contribution in [0, 0.1) is 5.92 Å². The number of carbonyl (C=O) groups excluding carboxylic acids is 1. The summed E-state index contributed by atoms with van der Waals surface area (Å²) in [7, 11) is 3.25. The number of methoxy groups -OCH3 is 2. The molecule has 2 aromatic carbocycles. The van der Waals surface area contributed by atoms with Crippen molar-refractivity contribution in [2.45, 2.75) is 12.8 Å². The van der Waals surface area contributed by atoms with Crippen LogP contribution in [-0.2, 0) is 4.79 Å². The molecule has 1 aromatic heterocycles. The first-order valence-electron chi connectivity index (χ1n) is 10.3. The molecule has 2 heterocycles. The predicted molar refractivity (Wildman–Crippen MR) is 121 cm³/mol. The van der Waals surface area contributed by atoms with Crippen LogP contribution in [0.15, 0.2) is 60.7 Å². The minimum Gasteiger partial charge on any atom is -0.497 e. The van der Waals surface area contributed by atoms with Crippen molar-refractivity contribution in [3.8, 4) is 22.8 Å². The number of benzene rings is 2. The van der Waals surface area contributed by atoms with Gasteiger partial charge in [0, 0.05) is 24.6 Å². The van der Waals surface area contributed by atoms with Crippen LogP contribution < -0.4 is 19.7 Å². The minimum absolute atomic E-state index is 0.0325. The Bertz CT molecular complexity index is 1010. The average Bonchev–Trinajstić information content (AvgIpc) is 2.84. The van der Waals surface area contributed by atoms with E-state index < -0.39 is 0 Å². The Morgan fingerprint density at radius 2 is 1.68 bits per heavy atom. The number of amides is 1. The molecule has 0 aliphatic carbocycles. The summed E-state index contributed by atoms with van der Waals surface area (Å²) in [5, 5.41) is 11.8. The first kappa shape index (κ1) is 20.7. The van der Waals surface area contributed by atoms with Gasteiger partial charge in [-0.2, -0.15) is 0 Å². The Morgan fingerprint density at radius 1 is 0.935 bits per heavy atom. The third-order valence-corrected chi connectivity index (χ3v) is 5.59. The maximum absolute atomic E-state index is 12.7. The number of aromatic nitrogens is 2. The van der Waals surface area contributed by atoms with Crippen molar-refractivity contribution in [1.29, 1.82) is 0 Å². The van der Waals surface area contributed by atoms with Gasteiger partial charge in [0.2, 0.25) is 5.91 Å². The Labute approximate surface area is 182 Å². The van der Waals surface area contributed by atoms with Gasteiger partial charge in [-0.25, -0.2) is 0 Å². The number of hydrogen-bond donors (Lipinski definition) is 1. The van der Waals surface area contributed by atoms with Crippen molar-refractivity contribution in [2.24, 2.45) is 5.92 Å². The zero-order valence-electron chi connectivity index (χ0n) is 17.7. The highest BCUT2D eigenvalue weighted by molar-refractivity contribution is 5.94. The number of ether oxygens (including phenoxy) is 2. The summed E-state index contributed by atoms with van der Waals surface area (Å²) >= 11 is 0.